The molecule has 2 aromatic rings. The lowest BCUT2D eigenvalue weighted by atomic mass is 10.1. The van der Waals surface area contributed by atoms with Crippen LogP contribution in [-0.2, 0) is 0 Å². The van der Waals surface area contributed by atoms with Gasteiger partial charge >= 0.3 is 0 Å². The normalized spacial score (nSPS) is 18.1. The van der Waals surface area contributed by atoms with E-state index < -0.39 is 6.10 Å². The van der Waals surface area contributed by atoms with E-state index in [0.29, 0.717) is 11.1 Å². The van der Waals surface area contributed by atoms with Crippen molar-refractivity contribution in [2.45, 2.75) is 65.0 Å². The number of halogens is 1. The first-order chi connectivity index (χ1) is 13.0. The quantitative estimate of drug-likeness (QED) is 0.566. The van der Waals surface area contributed by atoms with Crippen LogP contribution in [-0.4, -0.2) is 22.7 Å². The van der Waals surface area contributed by atoms with E-state index in [1.165, 1.54) is 30.6 Å². The zero-order valence-electron chi connectivity index (χ0n) is 16.4. The van der Waals surface area contributed by atoms with Gasteiger partial charge in [0.25, 0.3) is 0 Å². The molecule has 0 saturated heterocycles. The van der Waals surface area contributed by atoms with Crippen LogP contribution in [0.25, 0.3) is 11.3 Å². The molecule has 2 aliphatic rings. The fourth-order valence-electron chi connectivity index (χ4n) is 4.12. The maximum atomic E-state index is 9.80. The Labute approximate surface area is 171 Å². The van der Waals surface area contributed by atoms with E-state index in [1.54, 1.807) is 18.3 Å². The van der Waals surface area contributed by atoms with Crippen LogP contribution in [0.1, 0.15) is 62.5 Å². The summed E-state index contributed by atoms with van der Waals surface area (Å²) in [6, 6.07) is 6.49. The lowest BCUT2D eigenvalue weighted by Gasteiger charge is -2.32. The fraction of sp³-hybridized carbons (Fsp3) is 0.591. The molecule has 1 unspecified atom stereocenters. The van der Waals surface area contributed by atoms with Crippen molar-refractivity contribution in [2.24, 2.45) is 11.8 Å². The number of hydrogen-bond acceptors (Lipinski definition) is 4. The van der Waals surface area contributed by atoms with Crippen LogP contribution in [0, 0.1) is 18.8 Å². The lowest BCUT2D eigenvalue weighted by Crippen LogP contribution is -2.39. The zero-order chi connectivity index (χ0) is 19.1. The Morgan fingerprint density at radius 2 is 1.93 bits per heavy atom. The van der Waals surface area contributed by atoms with Crippen molar-refractivity contribution in [3.63, 3.8) is 0 Å². The van der Waals surface area contributed by atoms with Gasteiger partial charge in [-0.15, -0.1) is 11.3 Å². The molecule has 0 radical (unpaired) electrons. The number of thiazole rings is 1. The molecule has 3 nitrogen and oxygen atoms in total. The Hall–Kier alpha value is -1.10. The molecule has 27 heavy (non-hydrogen) atoms. The van der Waals surface area contributed by atoms with Gasteiger partial charge < -0.3 is 10.0 Å². The van der Waals surface area contributed by atoms with Crippen molar-refractivity contribution in [1.29, 1.82) is 0 Å². The molecule has 0 spiro atoms. The summed E-state index contributed by atoms with van der Waals surface area (Å²) in [5.74, 6) is 1.73. The number of aryl methyl sites for hydroxylation is 1. The van der Waals surface area contributed by atoms with Gasteiger partial charge in [-0.1, -0.05) is 30.7 Å². The second-order valence-electron chi connectivity index (χ2n) is 8.18. The van der Waals surface area contributed by atoms with E-state index >= 15 is 0 Å². The average molecular weight is 405 g/mol. The van der Waals surface area contributed by atoms with Crippen molar-refractivity contribution in [3.8, 4) is 11.3 Å². The van der Waals surface area contributed by atoms with Gasteiger partial charge in [0.1, 0.15) is 0 Å². The minimum absolute atomic E-state index is 0.512. The van der Waals surface area contributed by atoms with E-state index in [-0.39, 0.29) is 0 Å². The van der Waals surface area contributed by atoms with E-state index in [0.717, 1.165) is 46.8 Å². The number of aromatic nitrogens is 1. The molecule has 1 aromatic heterocycles. The third kappa shape index (κ3) is 4.03. The number of hydrogen-bond donors (Lipinski definition) is 1. The Bertz CT molecular complexity index is 799. The molecular weight excluding hydrogens is 376 g/mol. The second kappa shape index (κ2) is 7.73. The highest BCUT2D eigenvalue weighted by molar-refractivity contribution is 7.16. The maximum Gasteiger partial charge on any atom is 0.186 e. The first-order valence-corrected chi connectivity index (χ1v) is 11.4. The monoisotopic (exact) mass is 404 g/mol. The van der Waals surface area contributed by atoms with Crippen molar-refractivity contribution >= 4 is 28.1 Å². The van der Waals surface area contributed by atoms with Gasteiger partial charge in [-0.05, 0) is 69.4 Å². The zero-order valence-corrected chi connectivity index (χ0v) is 18.0. The van der Waals surface area contributed by atoms with Gasteiger partial charge in [-0.25, -0.2) is 4.98 Å². The van der Waals surface area contributed by atoms with Crippen molar-refractivity contribution in [2.75, 3.05) is 11.4 Å². The molecule has 146 valence electrons. The van der Waals surface area contributed by atoms with Gasteiger partial charge in [-0.3, -0.25) is 0 Å². The minimum atomic E-state index is -0.512. The highest BCUT2D eigenvalue weighted by Crippen LogP contribution is 2.49. The summed E-state index contributed by atoms with van der Waals surface area (Å²) in [5, 5.41) is 11.6. The fourth-order valence-corrected chi connectivity index (χ4v) is 5.39. The highest BCUT2D eigenvalue weighted by Gasteiger charge is 2.45. The minimum Gasteiger partial charge on any atom is -0.389 e. The molecule has 0 amide bonds. The Morgan fingerprint density at radius 3 is 2.44 bits per heavy atom. The van der Waals surface area contributed by atoms with Gasteiger partial charge in [0.15, 0.2) is 5.13 Å². The van der Waals surface area contributed by atoms with E-state index in [1.807, 2.05) is 18.2 Å². The highest BCUT2D eigenvalue weighted by atomic mass is 35.5. The number of nitrogens with zero attached hydrogens (tertiary/aromatic N) is 2. The van der Waals surface area contributed by atoms with Gasteiger partial charge in [0.2, 0.25) is 0 Å². The van der Waals surface area contributed by atoms with Crippen molar-refractivity contribution in [1.82, 2.24) is 4.98 Å². The largest absolute Gasteiger partial charge is 0.389 e. The average Bonchev–Trinajstić information content (AvgIpc) is 3.55. The molecule has 0 bridgehead atoms. The van der Waals surface area contributed by atoms with Crippen LogP contribution in [0.2, 0.25) is 5.02 Å². The van der Waals surface area contributed by atoms with Gasteiger partial charge in [0.05, 0.1) is 16.8 Å². The van der Waals surface area contributed by atoms with Crippen LogP contribution >= 0.6 is 22.9 Å². The maximum absolute atomic E-state index is 9.80. The second-order valence-corrected chi connectivity index (χ2v) is 9.76. The lowest BCUT2D eigenvalue weighted by molar-refractivity contribution is 0.199. The van der Waals surface area contributed by atoms with E-state index in [9.17, 15) is 5.11 Å². The first kappa shape index (κ1) is 19.2. The van der Waals surface area contributed by atoms with Gasteiger partial charge in [-0.2, -0.15) is 0 Å². The molecule has 1 N–H and O–H groups in total. The first-order valence-electron chi connectivity index (χ1n) is 10.2. The third-order valence-electron chi connectivity index (χ3n) is 5.80. The summed E-state index contributed by atoms with van der Waals surface area (Å²) in [6.45, 7) is 7.24. The van der Waals surface area contributed by atoms with E-state index in [4.69, 9.17) is 16.6 Å². The molecule has 4 rings (SSSR count). The van der Waals surface area contributed by atoms with Crippen LogP contribution < -0.4 is 4.90 Å². The van der Waals surface area contributed by atoms with E-state index in [2.05, 4.69) is 18.7 Å². The predicted octanol–water partition coefficient (Wildman–Crippen LogP) is 6.23. The SMILES string of the molecule is CCCN(c1nc(-c2ccc(C(C)O)cc2Cl)c(C)s1)C(C1CC1)C1CC1. The summed E-state index contributed by atoms with van der Waals surface area (Å²) in [7, 11) is 0. The van der Waals surface area contributed by atoms with Crippen LogP contribution in [0.3, 0.4) is 0 Å². The molecule has 0 aliphatic heterocycles. The van der Waals surface area contributed by atoms with Crippen LogP contribution in [0.15, 0.2) is 18.2 Å². The molecule has 2 aliphatic carbocycles. The molecular formula is C22H29ClN2OS. The third-order valence-corrected chi connectivity index (χ3v) is 7.12. The molecule has 1 atom stereocenters. The number of anilines is 1. The van der Waals surface area contributed by atoms with Crippen LogP contribution in [0.4, 0.5) is 5.13 Å². The van der Waals surface area contributed by atoms with Crippen LogP contribution in [0.5, 0.6) is 0 Å². The topological polar surface area (TPSA) is 36.4 Å². The summed E-state index contributed by atoms with van der Waals surface area (Å²) < 4.78 is 0. The smallest absolute Gasteiger partial charge is 0.186 e. The number of aliphatic hydroxyl groups is 1. The number of rotatable bonds is 8. The molecule has 5 heteroatoms. The molecule has 2 saturated carbocycles. The number of benzene rings is 1. The summed E-state index contributed by atoms with van der Waals surface area (Å²) in [6.07, 6.45) is 6.15. The molecule has 1 heterocycles. The summed E-state index contributed by atoms with van der Waals surface area (Å²) in [4.78, 5) is 8.89. The Balaban J connectivity index is 1.67. The van der Waals surface area contributed by atoms with Crippen molar-refractivity contribution < 1.29 is 5.11 Å². The predicted molar refractivity (Wildman–Crippen MR) is 115 cm³/mol. The van der Waals surface area contributed by atoms with Crippen molar-refractivity contribution in [3.05, 3.63) is 33.7 Å². The summed E-state index contributed by atoms with van der Waals surface area (Å²) >= 11 is 8.36. The van der Waals surface area contributed by atoms with Gasteiger partial charge in [0, 0.05) is 23.0 Å². The molecule has 2 fully saturated rings. The standard InChI is InChI=1S/C22H29ClN2OS/c1-4-11-25(21(15-5-6-15)16-7-8-16)22-24-20(14(3)27-22)18-10-9-17(13(2)26)12-19(18)23/h9-10,12-13,15-16,21,26H,4-8,11H2,1-3H3. The molecule has 1 aromatic carbocycles. The number of aliphatic hydroxyl groups excluding tert-OH is 1. The Morgan fingerprint density at radius 1 is 1.26 bits per heavy atom. The Kier molecular flexibility index (Phi) is 5.50. The summed E-state index contributed by atoms with van der Waals surface area (Å²) in [5.41, 5.74) is 2.79.